The molecule has 1 heteroatoms. The molecule has 1 spiro atoms. The second-order valence-corrected chi connectivity index (χ2v) is 47.5. The Morgan fingerprint density at radius 3 is 1.38 bits per heavy atom. The van der Waals surface area contributed by atoms with Crippen LogP contribution >= 0.6 is 0 Å². The van der Waals surface area contributed by atoms with Gasteiger partial charge in [-0.05, 0) is 0 Å². The Bertz CT molecular complexity index is 765. The van der Waals surface area contributed by atoms with Crippen LogP contribution in [0.3, 0.4) is 0 Å². The summed E-state index contributed by atoms with van der Waals surface area (Å²) in [7, 11) is -2.77. The fraction of sp³-hybridized carbons (Fsp3) is 1.00. The topological polar surface area (TPSA) is 0 Å². The molecule has 0 nitrogen and oxygen atoms in total. The minimum absolute atomic E-state index is 1.25. The first kappa shape index (κ1) is 4.24. The molecule has 13 heavy (non-hydrogen) atoms. The zero-order chi connectivity index (χ0) is 7.72. The minimum atomic E-state index is -2.77. The van der Waals surface area contributed by atoms with Crippen LogP contribution < -0.4 is 0 Å². The van der Waals surface area contributed by atoms with E-state index in [1.807, 2.05) is 0 Å². The Kier molecular flexibility index (Phi) is 0.0878. The van der Waals surface area contributed by atoms with Crippen molar-refractivity contribution < 1.29 is 7.72 Å². The van der Waals surface area contributed by atoms with Crippen molar-refractivity contribution in [2.75, 3.05) is 0 Å². The van der Waals surface area contributed by atoms with E-state index in [9.17, 15) is 0 Å². The first-order valence-electron chi connectivity index (χ1n) is 6.32. The Balaban J connectivity index is 2.08. The fourth-order valence-corrected chi connectivity index (χ4v) is 153. The van der Waals surface area contributed by atoms with E-state index >= 15 is 0 Å². The van der Waals surface area contributed by atoms with Crippen molar-refractivity contribution >= 4 is 0 Å². The quantitative estimate of drug-likeness (QED) is 0.620. The van der Waals surface area contributed by atoms with Gasteiger partial charge in [0.2, 0.25) is 0 Å². The Morgan fingerprint density at radius 1 is 0.846 bits per heavy atom. The summed E-state index contributed by atoms with van der Waals surface area (Å²) in [4.78, 5) is 0. The monoisotopic (exact) mass is 260 g/mol. The van der Waals surface area contributed by atoms with E-state index in [1.165, 1.54) is 4.01 Å². The fourth-order valence-electron chi connectivity index (χ4n) is 17.7. The summed E-state index contributed by atoms with van der Waals surface area (Å²) in [6.07, 6.45) is 1.69. The van der Waals surface area contributed by atoms with Crippen LogP contribution in [0.15, 0.2) is 0 Å². The predicted octanol–water partition coefficient (Wildman–Crippen LogP) is 4.16. The van der Waals surface area contributed by atoms with E-state index in [0.717, 1.165) is 0 Å². The van der Waals surface area contributed by atoms with E-state index < -0.39 is 7.72 Å². The maximum atomic E-state index is 2.59. The van der Waals surface area contributed by atoms with Crippen LogP contribution in [0.5, 0.6) is 0 Å². The zero-order valence-electron chi connectivity index (χ0n) is 7.76. The summed E-state index contributed by atoms with van der Waals surface area (Å²) >= 11 is 0. The molecule has 0 saturated carbocycles. The second-order valence-electron chi connectivity index (χ2n) is 10.2. The molecule has 0 N–H and O–H groups in total. The molecule has 10 saturated heterocycles. The third-order valence-electron chi connectivity index (χ3n) is 15.5. The molecule has 0 aromatic rings. The van der Waals surface area contributed by atoms with Crippen molar-refractivity contribution in [2.45, 2.75) is 58.0 Å². The first-order chi connectivity index (χ1) is 6.11. The van der Waals surface area contributed by atoms with Gasteiger partial charge in [-0.25, -0.2) is 0 Å². The van der Waals surface area contributed by atoms with Gasteiger partial charge >= 0.3 is 65.7 Å². The van der Waals surface area contributed by atoms with Gasteiger partial charge in [-0.15, -0.1) is 0 Å². The molecular weight excluding hydrogens is 245 g/mol. The normalized spacial score (nSPS) is 152. The van der Waals surface area contributed by atoms with Crippen LogP contribution in [0.4, 0.5) is 0 Å². The first-order valence-corrected chi connectivity index (χ1v) is 16.2. The summed E-state index contributed by atoms with van der Waals surface area (Å²) in [6.45, 7) is 2.59. The van der Waals surface area contributed by atoms with E-state index in [0.29, 0.717) is 0 Å². The van der Waals surface area contributed by atoms with Gasteiger partial charge in [-0.1, -0.05) is 0 Å². The third-order valence-corrected chi connectivity index (χ3v) is 83.5. The Morgan fingerprint density at radius 2 is 1.31 bits per heavy atom. The summed E-state index contributed by atoms with van der Waals surface area (Å²) < 4.78 is 15.5. The van der Waals surface area contributed by atoms with Gasteiger partial charge in [0, 0.05) is 0 Å². The zero-order valence-corrected chi connectivity index (χ0v) is 9.49. The molecule has 0 radical (unpaired) electrons. The summed E-state index contributed by atoms with van der Waals surface area (Å²) in [6, 6.07) is 0. The van der Waals surface area contributed by atoms with E-state index in [1.54, 1.807) is 47.0 Å². The number of fused-ring (bicyclic) bond motifs is 10. The van der Waals surface area contributed by atoms with E-state index in [-0.39, 0.29) is 0 Å². The van der Waals surface area contributed by atoms with Gasteiger partial charge in [0.15, 0.2) is 0 Å². The number of rotatable bonds is 1. The number of hydrogen-bond acceptors (Lipinski definition) is 0. The third kappa shape index (κ3) is 0.0304. The molecule has 10 aliphatic rings. The standard InChI is InChI=1S/C7H9.C5H5.Ru/c1-2-7-5-3-4-6-7;1-2-4-5-3-1;/h3-6H,2H2,1H3;1-5H;. The van der Waals surface area contributed by atoms with Crippen molar-refractivity contribution in [3.8, 4) is 0 Å². The summed E-state index contributed by atoms with van der Waals surface area (Å²) in [5.41, 5.74) is 0. The average molecular weight is 259 g/mol. The van der Waals surface area contributed by atoms with Crippen LogP contribution in [0, 0.1) is 0 Å². The van der Waals surface area contributed by atoms with Crippen molar-refractivity contribution in [1.82, 2.24) is 0 Å². The molecule has 0 bridgehead atoms. The SMILES string of the molecule is CC[C]12[CH]3[CH]4[CH]5[CH]1[Ru]45321678[CH]2[CH]1[CH]6[CH]7[CH]28. The van der Waals surface area contributed by atoms with Crippen molar-refractivity contribution in [3.05, 3.63) is 0 Å². The van der Waals surface area contributed by atoms with Crippen LogP contribution in [-0.2, 0) is 7.72 Å². The van der Waals surface area contributed by atoms with E-state index in [2.05, 4.69) is 6.92 Å². The second kappa shape index (κ2) is 0.269. The van der Waals surface area contributed by atoms with Crippen LogP contribution in [0.1, 0.15) is 13.3 Å². The molecule has 70 valence electrons. The maximum absolute atomic E-state index is 2.77. The molecule has 10 aliphatic heterocycles. The average Bonchev–Trinajstić information content (AvgIpc) is 3.12. The molecule has 0 aliphatic carbocycles. The van der Waals surface area contributed by atoms with Gasteiger partial charge in [-0.3, -0.25) is 0 Å². The van der Waals surface area contributed by atoms with Crippen LogP contribution in [-0.4, -0.2) is 0 Å². The molecule has 0 aromatic heterocycles. The van der Waals surface area contributed by atoms with Crippen molar-refractivity contribution in [1.29, 1.82) is 0 Å². The van der Waals surface area contributed by atoms with Crippen LogP contribution in [0.2, 0.25) is 44.6 Å². The van der Waals surface area contributed by atoms with Crippen molar-refractivity contribution in [2.24, 2.45) is 0 Å². The van der Waals surface area contributed by atoms with Gasteiger partial charge in [0.1, 0.15) is 0 Å². The van der Waals surface area contributed by atoms with Gasteiger partial charge in [0.25, 0.3) is 0 Å². The summed E-state index contributed by atoms with van der Waals surface area (Å²) in [5.74, 6) is 0. The molecule has 4 atom stereocenters. The Hall–Kier alpha value is 0.623. The van der Waals surface area contributed by atoms with Gasteiger partial charge in [0.05, 0.1) is 0 Å². The summed E-state index contributed by atoms with van der Waals surface area (Å²) in [5, 5.41) is 0. The Labute approximate surface area is 65.8 Å². The van der Waals surface area contributed by atoms with Gasteiger partial charge in [-0.2, -0.15) is 0 Å². The predicted molar refractivity (Wildman–Crippen MR) is 46.7 cm³/mol. The van der Waals surface area contributed by atoms with Gasteiger partial charge < -0.3 is 0 Å². The molecular formula is C12H14Ru. The molecule has 10 heterocycles. The molecule has 10 rings (SSSR count). The molecule has 0 amide bonds. The molecule has 0 aromatic carbocycles. The number of hydrogen-bond donors (Lipinski definition) is 0. The van der Waals surface area contributed by atoms with Crippen molar-refractivity contribution in [3.63, 3.8) is 0 Å². The van der Waals surface area contributed by atoms with Crippen LogP contribution in [0.25, 0.3) is 0 Å². The molecule has 4 unspecified atom stereocenters. The molecule has 10 fully saturated rings. The van der Waals surface area contributed by atoms with E-state index in [4.69, 9.17) is 0 Å².